The molecule has 0 aliphatic carbocycles. The summed E-state index contributed by atoms with van der Waals surface area (Å²) in [7, 11) is 1.56. The lowest BCUT2D eigenvalue weighted by molar-refractivity contribution is -0.139. The van der Waals surface area contributed by atoms with Crippen molar-refractivity contribution in [1.29, 1.82) is 0 Å². The lowest BCUT2D eigenvalue weighted by atomic mass is 10.2. The van der Waals surface area contributed by atoms with Gasteiger partial charge in [0.2, 0.25) is 5.91 Å². The van der Waals surface area contributed by atoms with E-state index in [1.807, 2.05) is 6.07 Å². The highest BCUT2D eigenvalue weighted by molar-refractivity contribution is 9.10. The van der Waals surface area contributed by atoms with Gasteiger partial charge in [0.25, 0.3) is 0 Å². The van der Waals surface area contributed by atoms with E-state index in [1.165, 1.54) is 4.90 Å². The monoisotopic (exact) mass is 300 g/mol. The van der Waals surface area contributed by atoms with Crippen LogP contribution in [-0.4, -0.2) is 30.1 Å². The summed E-state index contributed by atoms with van der Waals surface area (Å²) in [6.45, 7) is 0. The van der Waals surface area contributed by atoms with Gasteiger partial charge in [-0.1, -0.05) is 12.1 Å². The molecule has 1 rings (SSSR count). The maximum atomic E-state index is 11.8. The highest BCUT2D eigenvalue weighted by Crippen LogP contribution is 2.25. The Hall–Kier alpha value is -1.40. The van der Waals surface area contributed by atoms with Gasteiger partial charge in [-0.05, 0) is 28.1 Å². The van der Waals surface area contributed by atoms with Crippen molar-refractivity contribution in [1.82, 2.24) is 0 Å². The van der Waals surface area contributed by atoms with Crippen LogP contribution in [0, 0.1) is 0 Å². The first-order chi connectivity index (χ1) is 7.93. The van der Waals surface area contributed by atoms with E-state index in [9.17, 15) is 9.59 Å². The van der Waals surface area contributed by atoms with Crippen LogP contribution in [0.25, 0.3) is 0 Å². The molecule has 1 unspecified atom stereocenters. The fraction of sp³-hybridized carbons (Fsp3) is 0.273. The number of nitrogens with two attached hydrogens (primary N) is 1. The van der Waals surface area contributed by atoms with Gasteiger partial charge in [-0.15, -0.1) is 0 Å². The van der Waals surface area contributed by atoms with E-state index < -0.39 is 17.9 Å². The highest BCUT2D eigenvalue weighted by Gasteiger charge is 2.22. The summed E-state index contributed by atoms with van der Waals surface area (Å²) >= 11 is 3.31. The molecule has 0 aromatic heterocycles. The van der Waals surface area contributed by atoms with Crippen LogP contribution < -0.4 is 10.6 Å². The van der Waals surface area contributed by atoms with Crippen LogP contribution in [0.3, 0.4) is 0 Å². The summed E-state index contributed by atoms with van der Waals surface area (Å²) in [5.41, 5.74) is 6.17. The van der Waals surface area contributed by atoms with Crippen molar-refractivity contribution in [3.63, 3.8) is 0 Å². The van der Waals surface area contributed by atoms with Gasteiger partial charge in [0.15, 0.2) is 0 Å². The van der Waals surface area contributed by atoms with E-state index >= 15 is 0 Å². The lowest BCUT2D eigenvalue weighted by Crippen LogP contribution is -2.43. The van der Waals surface area contributed by atoms with E-state index in [2.05, 4.69) is 15.9 Å². The number of carboxylic acid groups (broad SMARTS) is 1. The molecular weight excluding hydrogens is 288 g/mol. The van der Waals surface area contributed by atoms with E-state index in [0.29, 0.717) is 5.69 Å². The molecule has 0 fully saturated rings. The molecule has 0 spiro atoms. The number of likely N-dealkylation sites (N-methyl/N-ethyl adjacent to an activating group) is 1. The standard InChI is InChI=1S/C11H13BrN2O3/c1-14(9-5-3-2-4-7(9)12)11(17)8(13)6-10(15)16/h2-5,8H,6,13H2,1H3,(H,15,16). The van der Waals surface area contributed by atoms with Gasteiger partial charge in [0, 0.05) is 11.5 Å². The van der Waals surface area contributed by atoms with E-state index in [4.69, 9.17) is 10.8 Å². The number of benzene rings is 1. The number of hydrogen-bond acceptors (Lipinski definition) is 3. The molecule has 1 aromatic carbocycles. The first-order valence-electron chi connectivity index (χ1n) is 4.93. The number of carboxylic acids is 1. The highest BCUT2D eigenvalue weighted by atomic mass is 79.9. The van der Waals surface area contributed by atoms with Crippen LogP contribution in [0.5, 0.6) is 0 Å². The minimum absolute atomic E-state index is 0.381. The summed E-state index contributed by atoms with van der Waals surface area (Å²) in [6, 6.07) is 6.11. The molecule has 1 atom stereocenters. The maximum Gasteiger partial charge on any atom is 0.305 e. The number of amides is 1. The number of carbonyl (C=O) groups excluding carboxylic acids is 1. The molecule has 5 nitrogen and oxygen atoms in total. The Morgan fingerprint density at radius 3 is 2.59 bits per heavy atom. The topological polar surface area (TPSA) is 83.6 Å². The smallest absolute Gasteiger partial charge is 0.305 e. The van der Waals surface area contributed by atoms with Crippen molar-refractivity contribution in [2.24, 2.45) is 5.73 Å². The number of hydrogen-bond donors (Lipinski definition) is 2. The zero-order valence-electron chi connectivity index (χ0n) is 9.26. The van der Waals surface area contributed by atoms with Crippen LogP contribution in [-0.2, 0) is 9.59 Å². The van der Waals surface area contributed by atoms with Crippen molar-refractivity contribution < 1.29 is 14.7 Å². The lowest BCUT2D eigenvalue weighted by Gasteiger charge is -2.21. The number of para-hydroxylation sites is 1. The Labute approximate surface area is 107 Å². The molecule has 3 N–H and O–H groups in total. The quantitative estimate of drug-likeness (QED) is 0.875. The number of nitrogens with zero attached hydrogens (tertiary/aromatic N) is 1. The fourth-order valence-corrected chi connectivity index (χ4v) is 1.92. The van der Waals surface area contributed by atoms with Crippen molar-refractivity contribution in [2.75, 3.05) is 11.9 Å². The Balaban J connectivity index is 2.83. The van der Waals surface area contributed by atoms with Crippen molar-refractivity contribution >= 4 is 33.5 Å². The molecule has 17 heavy (non-hydrogen) atoms. The average Bonchev–Trinajstić information content (AvgIpc) is 2.27. The summed E-state index contributed by atoms with van der Waals surface area (Å²) in [6.07, 6.45) is -0.381. The zero-order chi connectivity index (χ0) is 13.0. The minimum atomic E-state index is -1.09. The Morgan fingerprint density at radius 2 is 2.06 bits per heavy atom. The van der Waals surface area contributed by atoms with Gasteiger partial charge in [-0.2, -0.15) is 0 Å². The molecule has 6 heteroatoms. The molecule has 0 aliphatic heterocycles. The zero-order valence-corrected chi connectivity index (χ0v) is 10.8. The number of aliphatic carboxylic acids is 1. The Bertz CT molecular complexity index is 436. The molecule has 0 saturated carbocycles. The summed E-state index contributed by atoms with van der Waals surface area (Å²) < 4.78 is 0.748. The average molecular weight is 301 g/mol. The summed E-state index contributed by atoms with van der Waals surface area (Å²) in [5, 5.41) is 8.58. The predicted octanol–water partition coefficient (Wildman–Crippen LogP) is 1.21. The molecule has 92 valence electrons. The number of rotatable bonds is 4. The molecule has 1 amide bonds. The molecule has 0 heterocycles. The molecule has 1 aromatic rings. The van der Waals surface area contributed by atoms with Gasteiger partial charge < -0.3 is 15.7 Å². The largest absolute Gasteiger partial charge is 0.481 e. The minimum Gasteiger partial charge on any atom is -0.481 e. The number of carbonyl (C=O) groups is 2. The summed E-state index contributed by atoms with van der Waals surface area (Å²) in [5.74, 6) is -1.52. The molecule has 0 radical (unpaired) electrons. The third-order valence-electron chi connectivity index (χ3n) is 2.26. The van der Waals surface area contributed by atoms with Gasteiger partial charge in [-0.3, -0.25) is 9.59 Å². The Kier molecular flexibility index (Phi) is 4.65. The van der Waals surface area contributed by atoms with Crippen LogP contribution in [0.4, 0.5) is 5.69 Å². The van der Waals surface area contributed by atoms with Crippen molar-refractivity contribution in [2.45, 2.75) is 12.5 Å². The predicted molar refractivity (Wildman–Crippen MR) is 67.8 cm³/mol. The number of halogens is 1. The Morgan fingerprint density at radius 1 is 1.47 bits per heavy atom. The summed E-state index contributed by atoms with van der Waals surface area (Å²) in [4.78, 5) is 23.7. The van der Waals surface area contributed by atoms with Crippen molar-refractivity contribution in [3.8, 4) is 0 Å². The second kappa shape index (κ2) is 5.79. The van der Waals surface area contributed by atoms with E-state index in [1.54, 1.807) is 25.2 Å². The van der Waals surface area contributed by atoms with Crippen molar-refractivity contribution in [3.05, 3.63) is 28.7 Å². The second-order valence-electron chi connectivity index (χ2n) is 3.55. The third-order valence-corrected chi connectivity index (χ3v) is 2.93. The van der Waals surface area contributed by atoms with Gasteiger partial charge in [-0.25, -0.2) is 0 Å². The molecule has 0 bridgehead atoms. The van der Waals surface area contributed by atoms with Gasteiger partial charge >= 0.3 is 5.97 Å². The third kappa shape index (κ3) is 3.54. The maximum absolute atomic E-state index is 11.8. The van der Waals surface area contributed by atoms with Crippen LogP contribution in [0.1, 0.15) is 6.42 Å². The second-order valence-corrected chi connectivity index (χ2v) is 4.41. The van der Waals surface area contributed by atoms with Gasteiger partial charge in [0.1, 0.15) is 0 Å². The van der Waals surface area contributed by atoms with Crippen LogP contribution in [0.15, 0.2) is 28.7 Å². The SMILES string of the molecule is CN(C(=O)C(N)CC(=O)O)c1ccccc1Br. The van der Waals surface area contributed by atoms with Crippen LogP contribution in [0.2, 0.25) is 0 Å². The fourth-order valence-electron chi connectivity index (χ4n) is 1.37. The van der Waals surface area contributed by atoms with E-state index in [0.717, 1.165) is 4.47 Å². The normalized spacial score (nSPS) is 11.9. The molecule has 0 saturated heterocycles. The van der Waals surface area contributed by atoms with E-state index in [-0.39, 0.29) is 6.42 Å². The molecular formula is C11H13BrN2O3. The van der Waals surface area contributed by atoms with Crippen LogP contribution >= 0.6 is 15.9 Å². The first-order valence-corrected chi connectivity index (χ1v) is 5.72. The number of anilines is 1. The van der Waals surface area contributed by atoms with Gasteiger partial charge in [0.05, 0.1) is 18.2 Å². The first kappa shape index (κ1) is 13.7. The molecule has 0 aliphatic rings.